The number of fused-ring (bicyclic) bond motifs is 1. The molecular weight excluding hydrogens is 398 g/mol. The lowest BCUT2D eigenvalue weighted by Gasteiger charge is -2.31. The van der Waals surface area contributed by atoms with Crippen LogP contribution in [0.25, 0.3) is 11.1 Å². The SMILES string of the molecule is CC1=C(c2cccc(O)c2)C(c2ccc(OCCc3ccc[nH]3)cc2)Oc2ccccc21. The number of phenolic OH excluding ortho intramolecular Hbond substituents is 1. The number of benzene rings is 3. The fraction of sp³-hybridized carbons (Fsp3) is 0.143. The van der Waals surface area contributed by atoms with Crippen molar-refractivity contribution in [3.63, 3.8) is 0 Å². The van der Waals surface area contributed by atoms with Crippen molar-refractivity contribution in [1.29, 1.82) is 0 Å². The zero-order chi connectivity index (χ0) is 21.9. The Morgan fingerprint density at radius 3 is 2.56 bits per heavy atom. The number of aromatic amines is 1. The molecule has 0 radical (unpaired) electrons. The van der Waals surface area contributed by atoms with Crippen LogP contribution in [0.15, 0.2) is 91.1 Å². The second-order valence-corrected chi connectivity index (χ2v) is 7.95. The first-order chi connectivity index (χ1) is 15.7. The normalized spacial score (nSPS) is 15.2. The number of rotatable bonds is 6. The molecule has 0 fully saturated rings. The predicted molar refractivity (Wildman–Crippen MR) is 127 cm³/mol. The van der Waals surface area contributed by atoms with Gasteiger partial charge in [0.25, 0.3) is 0 Å². The van der Waals surface area contributed by atoms with Crippen LogP contribution in [0, 0.1) is 0 Å². The predicted octanol–water partition coefficient (Wildman–Crippen LogP) is 6.41. The first kappa shape index (κ1) is 20.0. The van der Waals surface area contributed by atoms with E-state index in [0.29, 0.717) is 6.61 Å². The van der Waals surface area contributed by atoms with Gasteiger partial charge in [-0.3, -0.25) is 0 Å². The van der Waals surface area contributed by atoms with E-state index in [2.05, 4.69) is 36.2 Å². The fourth-order valence-corrected chi connectivity index (χ4v) is 4.22. The van der Waals surface area contributed by atoms with Gasteiger partial charge in [-0.15, -0.1) is 0 Å². The quantitative estimate of drug-likeness (QED) is 0.377. The Hall–Kier alpha value is -3.92. The van der Waals surface area contributed by atoms with E-state index >= 15 is 0 Å². The topological polar surface area (TPSA) is 54.5 Å². The average molecular weight is 424 g/mol. The largest absolute Gasteiger partial charge is 0.508 e. The smallest absolute Gasteiger partial charge is 0.150 e. The van der Waals surface area contributed by atoms with E-state index < -0.39 is 0 Å². The zero-order valence-electron chi connectivity index (χ0n) is 17.9. The van der Waals surface area contributed by atoms with E-state index in [0.717, 1.165) is 51.5 Å². The highest BCUT2D eigenvalue weighted by Crippen LogP contribution is 2.46. The van der Waals surface area contributed by atoms with Crippen LogP contribution in [0.2, 0.25) is 0 Å². The number of H-pyrrole nitrogens is 1. The standard InChI is InChI=1S/C28H25NO3/c1-19-25-9-2-3-10-26(25)32-28(27(19)21-6-4-8-23(30)18-21)20-11-13-24(14-12-20)31-17-15-22-7-5-16-29-22/h2-14,16,18,28-30H,15,17H2,1H3. The van der Waals surface area contributed by atoms with Crippen LogP contribution in [0.5, 0.6) is 17.2 Å². The van der Waals surface area contributed by atoms with Crippen LogP contribution < -0.4 is 9.47 Å². The highest BCUT2D eigenvalue weighted by Gasteiger charge is 2.29. The lowest BCUT2D eigenvalue weighted by atomic mass is 9.86. The van der Waals surface area contributed by atoms with Crippen molar-refractivity contribution >= 4 is 11.1 Å². The van der Waals surface area contributed by atoms with Gasteiger partial charge >= 0.3 is 0 Å². The molecule has 1 aliphatic rings. The van der Waals surface area contributed by atoms with Gasteiger partial charge in [-0.05, 0) is 66.1 Å². The molecule has 32 heavy (non-hydrogen) atoms. The molecule has 2 N–H and O–H groups in total. The molecule has 1 atom stereocenters. The van der Waals surface area contributed by atoms with Gasteiger partial charge in [0.2, 0.25) is 0 Å². The molecule has 160 valence electrons. The van der Waals surface area contributed by atoms with E-state index in [1.807, 2.05) is 54.7 Å². The van der Waals surface area contributed by atoms with Crippen molar-refractivity contribution in [3.05, 3.63) is 114 Å². The lowest BCUT2D eigenvalue weighted by molar-refractivity contribution is 0.259. The molecule has 5 rings (SSSR count). The summed E-state index contributed by atoms with van der Waals surface area (Å²) in [6.07, 6.45) is 2.48. The molecule has 3 aromatic carbocycles. The van der Waals surface area contributed by atoms with E-state index in [-0.39, 0.29) is 11.9 Å². The molecule has 1 aromatic heterocycles. The van der Waals surface area contributed by atoms with Crippen LogP contribution in [0.3, 0.4) is 0 Å². The summed E-state index contributed by atoms with van der Waals surface area (Å²) in [5, 5.41) is 10.1. The van der Waals surface area contributed by atoms with Gasteiger partial charge in [-0.1, -0.05) is 42.5 Å². The second kappa shape index (κ2) is 8.67. The Kier molecular flexibility index (Phi) is 5.42. The summed E-state index contributed by atoms with van der Waals surface area (Å²) < 4.78 is 12.4. The Morgan fingerprint density at radius 2 is 1.78 bits per heavy atom. The number of ether oxygens (including phenoxy) is 2. The maximum atomic E-state index is 10.1. The van der Waals surface area contributed by atoms with Crippen molar-refractivity contribution < 1.29 is 14.6 Å². The summed E-state index contributed by atoms with van der Waals surface area (Å²) in [4.78, 5) is 3.19. The maximum absolute atomic E-state index is 10.1. The van der Waals surface area contributed by atoms with Crippen LogP contribution in [-0.2, 0) is 6.42 Å². The first-order valence-corrected chi connectivity index (χ1v) is 10.8. The van der Waals surface area contributed by atoms with Crippen molar-refractivity contribution in [1.82, 2.24) is 4.98 Å². The number of hydrogen-bond acceptors (Lipinski definition) is 3. The second-order valence-electron chi connectivity index (χ2n) is 7.95. The van der Waals surface area contributed by atoms with Gasteiger partial charge in [0.15, 0.2) is 0 Å². The molecule has 4 heteroatoms. The molecule has 2 heterocycles. The molecule has 0 spiro atoms. The third-order valence-corrected chi connectivity index (χ3v) is 5.84. The summed E-state index contributed by atoms with van der Waals surface area (Å²) in [6, 6.07) is 27.6. The zero-order valence-corrected chi connectivity index (χ0v) is 17.9. The number of allylic oxidation sites excluding steroid dienone is 1. The molecule has 1 unspecified atom stereocenters. The van der Waals surface area contributed by atoms with E-state index in [1.54, 1.807) is 12.1 Å². The minimum Gasteiger partial charge on any atom is -0.508 e. The Balaban J connectivity index is 1.44. The number of aromatic hydroxyl groups is 1. The van der Waals surface area contributed by atoms with Crippen molar-refractivity contribution in [2.75, 3.05) is 6.61 Å². The molecule has 0 aliphatic carbocycles. The summed E-state index contributed by atoms with van der Waals surface area (Å²) in [5.41, 5.74) is 6.43. The highest BCUT2D eigenvalue weighted by atomic mass is 16.5. The number of nitrogens with one attached hydrogen (secondary N) is 1. The van der Waals surface area contributed by atoms with Gasteiger partial charge in [0, 0.05) is 29.4 Å². The van der Waals surface area contributed by atoms with Crippen molar-refractivity contribution in [3.8, 4) is 17.2 Å². The number of para-hydroxylation sites is 1. The molecule has 0 saturated heterocycles. The number of aromatic nitrogens is 1. The molecule has 0 bridgehead atoms. The molecule has 0 amide bonds. The summed E-state index contributed by atoms with van der Waals surface area (Å²) in [7, 11) is 0. The van der Waals surface area contributed by atoms with Crippen molar-refractivity contribution in [2.45, 2.75) is 19.4 Å². The maximum Gasteiger partial charge on any atom is 0.150 e. The number of phenols is 1. The van der Waals surface area contributed by atoms with E-state index in [1.165, 1.54) is 0 Å². The molecule has 0 saturated carbocycles. The van der Waals surface area contributed by atoms with Crippen LogP contribution >= 0.6 is 0 Å². The van der Waals surface area contributed by atoms with Gasteiger partial charge in [-0.25, -0.2) is 0 Å². The molecule has 1 aliphatic heterocycles. The fourth-order valence-electron chi connectivity index (χ4n) is 4.22. The van der Waals surface area contributed by atoms with Crippen LogP contribution in [0.1, 0.15) is 35.4 Å². The molecular formula is C28H25NO3. The van der Waals surface area contributed by atoms with Gasteiger partial charge in [0.1, 0.15) is 23.4 Å². The van der Waals surface area contributed by atoms with Crippen LogP contribution in [0.4, 0.5) is 0 Å². The summed E-state index contributed by atoms with van der Waals surface area (Å²) >= 11 is 0. The highest BCUT2D eigenvalue weighted by molar-refractivity contribution is 5.95. The van der Waals surface area contributed by atoms with Gasteiger partial charge in [0.05, 0.1) is 6.61 Å². The third-order valence-electron chi connectivity index (χ3n) is 5.84. The van der Waals surface area contributed by atoms with Crippen molar-refractivity contribution in [2.24, 2.45) is 0 Å². The van der Waals surface area contributed by atoms with Gasteiger partial charge in [-0.2, -0.15) is 0 Å². The first-order valence-electron chi connectivity index (χ1n) is 10.8. The van der Waals surface area contributed by atoms with Gasteiger partial charge < -0.3 is 19.6 Å². The Bertz CT molecular complexity index is 1240. The number of hydrogen-bond donors (Lipinski definition) is 2. The third kappa shape index (κ3) is 4.00. The average Bonchev–Trinajstić information content (AvgIpc) is 3.33. The molecule has 4 aromatic rings. The molecule has 4 nitrogen and oxygen atoms in total. The van der Waals surface area contributed by atoms with Crippen LogP contribution in [-0.4, -0.2) is 16.7 Å². The Morgan fingerprint density at radius 1 is 0.938 bits per heavy atom. The summed E-state index contributed by atoms with van der Waals surface area (Å²) in [5.74, 6) is 1.94. The monoisotopic (exact) mass is 423 g/mol. The van der Waals surface area contributed by atoms with E-state index in [9.17, 15) is 5.11 Å². The Labute approximate surface area is 187 Å². The van der Waals surface area contributed by atoms with E-state index in [4.69, 9.17) is 9.47 Å². The lowest BCUT2D eigenvalue weighted by Crippen LogP contribution is -2.16. The minimum absolute atomic E-state index is 0.242. The minimum atomic E-state index is -0.278. The summed E-state index contributed by atoms with van der Waals surface area (Å²) in [6.45, 7) is 2.73.